The summed E-state index contributed by atoms with van der Waals surface area (Å²) in [6, 6.07) is 1.60. The van der Waals surface area contributed by atoms with Crippen LogP contribution < -0.4 is 10.0 Å². The monoisotopic (exact) mass is 285 g/mol. The zero-order valence-corrected chi connectivity index (χ0v) is 11.2. The Balaban J connectivity index is 0.00000225. The van der Waals surface area contributed by atoms with Gasteiger partial charge >= 0.3 is 0 Å². The van der Waals surface area contributed by atoms with E-state index in [4.69, 9.17) is 17.3 Å². The quantitative estimate of drug-likeness (QED) is 0.899. The second-order valence-corrected chi connectivity index (χ2v) is 5.52. The van der Waals surface area contributed by atoms with E-state index >= 15 is 0 Å². The first kappa shape index (κ1) is 15.4. The average molecular weight is 286 g/mol. The van der Waals surface area contributed by atoms with Crippen molar-refractivity contribution < 1.29 is 8.42 Å². The number of nitrogens with zero attached hydrogens (tertiary/aromatic N) is 2. The molecule has 0 atom stereocenters. The molecule has 0 saturated carbocycles. The Morgan fingerprint density at radius 1 is 1.56 bits per heavy atom. The van der Waals surface area contributed by atoms with E-state index in [1.807, 2.05) is 0 Å². The highest BCUT2D eigenvalue weighted by Crippen LogP contribution is 2.21. The highest BCUT2D eigenvalue weighted by molar-refractivity contribution is 7.92. The van der Waals surface area contributed by atoms with Gasteiger partial charge in [-0.2, -0.15) is 0 Å². The van der Waals surface area contributed by atoms with Gasteiger partial charge in [0.25, 0.3) is 0 Å². The molecule has 0 amide bonds. The molecule has 0 bridgehead atoms. The fourth-order valence-electron chi connectivity index (χ4n) is 1.06. The third-order valence-corrected chi connectivity index (χ3v) is 3.30. The minimum atomic E-state index is -3.33. The highest BCUT2D eigenvalue weighted by atomic mass is 35.5. The molecule has 0 aliphatic heterocycles. The van der Waals surface area contributed by atoms with Gasteiger partial charge in [0.05, 0.1) is 11.3 Å². The molecule has 2 N–H and O–H groups in total. The number of halogens is 2. The van der Waals surface area contributed by atoms with Crippen LogP contribution in [0.25, 0.3) is 0 Å². The standard InChI is InChI=1S/C8H12ClN3O2S.ClH/c1-12(15(2,13)14)8-6(4-10)3-7(9)5-11-8;/h3,5H,4,10H2,1-2H3;1H. The molecule has 0 unspecified atom stereocenters. The van der Waals surface area contributed by atoms with Crippen LogP contribution in [-0.4, -0.2) is 26.7 Å². The normalized spacial score (nSPS) is 10.8. The molecular formula is C8H13Cl2N3O2S. The maximum Gasteiger partial charge on any atom is 0.233 e. The first-order valence-electron chi connectivity index (χ1n) is 4.14. The lowest BCUT2D eigenvalue weighted by atomic mass is 10.2. The van der Waals surface area contributed by atoms with Gasteiger partial charge in [0.2, 0.25) is 10.0 Å². The number of nitrogens with two attached hydrogens (primary N) is 1. The number of anilines is 1. The second kappa shape index (κ2) is 5.67. The smallest absolute Gasteiger partial charge is 0.233 e. The number of hydrogen-bond acceptors (Lipinski definition) is 4. The summed E-state index contributed by atoms with van der Waals surface area (Å²) in [6.07, 6.45) is 2.49. The maximum absolute atomic E-state index is 11.3. The lowest BCUT2D eigenvalue weighted by molar-refractivity contribution is 0.599. The number of pyridine rings is 1. The molecule has 0 aliphatic rings. The molecule has 0 aromatic carbocycles. The Morgan fingerprint density at radius 3 is 2.56 bits per heavy atom. The maximum atomic E-state index is 11.3. The van der Waals surface area contributed by atoms with Gasteiger partial charge in [-0.25, -0.2) is 13.4 Å². The SMILES string of the molecule is CN(c1ncc(Cl)cc1CN)S(C)(=O)=O.Cl. The van der Waals surface area contributed by atoms with Crippen LogP contribution in [0, 0.1) is 0 Å². The van der Waals surface area contributed by atoms with E-state index in [0.717, 1.165) is 10.6 Å². The van der Waals surface area contributed by atoms with E-state index in [1.54, 1.807) is 6.07 Å². The zero-order chi connectivity index (χ0) is 11.6. The second-order valence-electron chi connectivity index (χ2n) is 3.07. The van der Waals surface area contributed by atoms with E-state index < -0.39 is 10.0 Å². The van der Waals surface area contributed by atoms with Gasteiger partial charge < -0.3 is 5.73 Å². The summed E-state index contributed by atoms with van der Waals surface area (Å²) in [5.74, 6) is 0.310. The van der Waals surface area contributed by atoms with Crippen LogP contribution >= 0.6 is 24.0 Å². The Morgan fingerprint density at radius 2 is 2.12 bits per heavy atom. The number of rotatable bonds is 3. The Hall–Kier alpha value is -0.560. The largest absolute Gasteiger partial charge is 0.326 e. The molecule has 1 rings (SSSR count). The fraction of sp³-hybridized carbons (Fsp3) is 0.375. The molecule has 1 aromatic heterocycles. The number of hydrogen-bond donors (Lipinski definition) is 1. The van der Waals surface area contributed by atoms with E-state index in [0.29, 0.717) is 16.4 Å². The number of aromatic nitrogens is 1. The summed E-state index contributed by atoms with van der Waals surface area (Å²) in [4.78, 5) is 3.95. The van der Waals surface area contributed by atoms with E-state index in [-0.39, 0.29) is 19.0 Å². The first-order valence-corrected chi connectivity index (χ1v) is 6.37. The van der Waals surface area contributed by atoms with Crippen LogP contribution in [0.1, 0.15) is 5.56 Å². The van der Waals surface area contributed by atoms with Gasteiger partial charge in [0.1, 0.15) is 5.82 Å². The van der Waals surface area contributed by atoms with Crippen molar-refractivity contribution in [2.24, 2.45) is 5.73 Å². The molecule has 0 aliphatic carbocycles. The van der Waals surface area contributed by atoms with Crippen LogP contribution in [0.2, 0.25) is 5.02 Å². The molecular weight excluding hydrogens is 273 g/mol. The van der Waals surface area contributed by atoms with Gasteiger partial charge in [-0.15, -0.1) is 12.4 Å². The van der Waals surface area contributed by atoms with Gasteiger partial charge in [0, 0.05) is 25.4 Å². The van der Waals surface area contributed by atoms with Crippen molar-refractivity contribution in [2.45, 2.75) is 6.54 Å². The van der Waals surface area contributed by atoms with Gasteiger partial charge in [-0.3, -0.25) is 4.31 Å². The summed E-state index contributed by atoms with van der Waals surface area (Å²) in [7, 11) is -1.91. The molecule has 1 heterocycles. The van der Waals surface area contributed by atoms with Crippen LogP contribution in [-0.2, 0) is 16.6 Å². The molecule has 0 spiro atoms. The van der Waals surface area contributed by atoms with Crippen molar-refractivity contribution in [3.05, 3.63) is 22.8 Å². The lowest BCUT2D eigenvalue weighted by Crippen LogP contribution is -2.27. The van der Waals surface area contributed by atoms with Crippen LogP contribution in [0.15, 0.2) is 12.3 Å². The Bertz CT molecular complexity index is 464. The van der Waals surface area contributed by atoms with E-state index in [1.165, 1.54) is 13.2 Å². The predicted molar refractivity (Wildman–Crippen MR) is 67.6 cm³/mol. The predicted octanol–water partition coefficient (Wildman–Crippen LogP) is 1.01. The summed E-state index contributed by atoms with van der Waals surface area (Å²) >= 11 is 5.73. The van der Waals surface area contributed by atoms with Crippen molar-refractivity contribution in [3.8, 4) is 0 Å². The van der Waals surface area contributed by atoms with Crippen molar-refractivity contribution >= 4 is 39.8 Å². The molecule has 0 fully saturated rings. The van der Waals surface area contributed by atoms with Crippen LogP contribution in [0.3, 0.4) is 0 Å². The van der Waals surface area contributed by atoms with Crippen molar-refractivity contribution in [1.29, 1.82) is 0 Å². The zero-order valence-electron chi connectivity index (χ0n) is 8.84. The number of sulfonamides is 1. The van der Waals surface area contributed by atoms with Gasteiger partial charge in [-0.05, 0) is 6.07 Å². The van der Waals surface area contributed by atoms with E-state index in [9.17, 15) is 8.42 Å². The molecule has 0 radical (unpaired) electrons. The third kappa shape index (κ3) is 3.48. The van der Waals surface area contributed by atoms with Gasteiger partial charge in [-0.1, -0.05) is 11.6 Å². The summed E-state index contributed by atoms with van der Waals surface area (Å²) < 4.78 is 23.7. The molecule has 0 saturated heterocycles. The topological polar surface area (TPSA) is 76.3 Å². The summed E-state index contributed by atoms with van der Waals surface area (Å²) in [5.41, 5.74) is 6.07. The summed E-state index contributed by atoms with van der Waals surface area (Å²) in [6.45, 7) is 0.183. The Kier molecular flexibility index (Phi) is 5.48. The summed E-state index contributed by atoms with van der Waals surface area (Å²) in [5, 5.41) is 0.432. The van der Waals surface area contributed by atoms with Crippen LogP contribution in [0.4, 0.5) is 5.82 Å². The van der Waals surface area contributed by atoms with Gasteiger partial charge in [0.15, 0.2) is 0 Å². The van der Waals surface area contributed by atoms with Crippen molar-refractivity contribution in [3.63, 3.8) is 0 Å². The molecule has 1 aromatic rings. The highest BCUT2D eigenvalue weighted by Gasteiger charge is 2.16. The minimum absolute atomic E-state index is 0. The molecule has 92 valence electrons. The third-order valence-electron chi connectivity index (χ3n) is 1.93. The van der Waals surface area contributed by atoms with E-state index in [2.05, 4.69) is 4.98 Å². The Labute approximate surface area is 106 Å². The van der Waals surface area contributed by atoms with Crippen LogP contribution in [0.5, 0.6) is 0 Å². The molecule has 5 nitrogen and oxygen atoms in total. The lowest BCUT2D eigenvalue weighted by Gasteiger charge is -2.18. The first-order chi connectivity index (χ1) is 6.86. The molecule has 16 heavy (non-hydrogen) atoms. The average Bonchev–Trinajstić information content (AvgIpc) is 2.15. The van der Waals surface area contributed by atoms with Crippen molar-refractivity contribution in [1.82, 2.24) is 4.98 Å². The fourth-order valence-corrected chi connectivity index (χ4v) is 1.72. The van der Waals surface area contributed by atoms with Crippen molar-refractivity contribution in [2.75, 3.05) is 17.6 Å². The minimum Gasteiger partial charge on any atom is -0.326 e. The molecule has 8 heteroatoms.